The summed E-state index contributed by atoms with van der Waals surface area (Å²) in [5.41, 5.74) is 0. The minimum absolute atomic E-state index is 0.00155. The molecule has 0 aliphatic carbocycles. The maximum atomic E-state index is 11.7. The van der Waals surface area contributed by atoms with Gasteiger partial charge in [-0.2, -0.15) is 13.2 Å². The Kier molecular flexibility index (Phi) is 8.69. The first-order valence-corrected chi connectivity index (χ1v) is 6.08. The molecule has 0 aliphatic rings. The van der Waals surface area contributed by atoms with Crippen LogP contribution in [0.15, 0.2) is 0 Å². The summed E-state index contributed by atoms with van der Waals surface area (Å²) < 4.78 is 39.4. The van der Waals surface area contributed by atoms with Crippen LogP contribution in [-0.2, 0) is 9.53 Å². The van der Waals surface area contributed by atoms with E-state index in [9.17, 15) is 22.8 Å². The van der Waals surface area contributed by atoms with Crippen LogP contribution >= 0.6 is 0 Å². The third-order valence-electron chi connectivity index (χ3n) is 2.26. The summed E-state index contributed by atoms with van der Waals surface area (Å²) in [6, 6.07) is -0.525. The Balaban J connectivity index is 3.52. The minimum atomic E-state index is -4.37. The lowest BCUT2D eigenvalue weighted by molar-refractivity contribution is -0.173. The summed E-state index contributed by atoms with van der Waals surface area (Å²) in [5, 5.41) is 13.3. The second kappa shape index (κ2) is 9.40. The molecule has 1 atom stereocenters. The molecule has 0 aliphatic heterocycles. The topological polar surface area (TPSA) is 87.7 Å². The fourth-order valence-corrected chi connectivity index (χ4v) is 1.23. The van der Waals surface area contributed by atoms with Gasteiger partial charge in [0, 0.05) is 19.5 Å². The number of amides is 2. The van der Waals surface area contributed by atoms with Crippen LogP contribution in [0.4, 0.5) is 18.0 Å². The Hall–Kier alpha value is -1.51. The fourth-order valence-electron chi connectivity index (χ4n) is 1.23. The quantitative estimate of drug-likeness (QED) is 0.561. The van der Waals surface area contributed by atoms with Crippen LogP contribution in [0, 0.1) is 5.92 Å². The zero-order valence-electron chi connectivity index (χ0n) is 11.1. The molecule has 0 aromatic rings. The lowest BCUT2D eigenvalue weighted by atomic mass is 10.1. The molecule has 118 valence electrons. The van der Waals surface area contributed by atoms with Crippen molar-refractivity contribution in [2.45, 2.75) is 25.9 Å². The van der Waals surface area contributed by atoms with E-state index in [2.05, 4.69) is 15.4 Å². The molecule has 9 heteroatoms. The first-order chi connectivity index (χ1) is 9.20. The second-order valence-electron chi connectivity index (χ2n) is 4.34. The number of halogens is 3. The number of nitrogens with one attached hydrogen (secondary N) is 2. The van der Waals surface area contributed by atoms with Crippen LogP contribution in [-0.4, -0.2) is 49.6 Å². The highest BCUT2D eigenvalue weighted by molar-refractivity contribution is 5.73. The number of ether oxygens (including phenoxy) is 1. The third kappa shape index (κ3) is 12.9. The number of rotatable bonds is 9. The molecule has 0 saturated carbocycles. The predicted molar refractivity (Wildman–Crippen MR) is 64.3 cm³/mol. The number of alkyl halides is 3. The molecule has 6 nitrogen and oxygen atoms in total. The maximum absolute atomic E-state index is 11.7. The number of urea groups is 1. The van der Waals surface area contributed by atoms with Crippen molar-refractivity contribution in [3.8, 4) is 0 Å². The summed E-state index contributed by atoms with van der Waals surface area (Å²) in [4.78, 5) is 21.6. The SMILES string of the molecule is CC(CCC(=O)O)CNC(=O)NCCOCC(F)(F)F. The minimum Gasteiger partial charge on any atom is -0.481 e. The number of aliphatic carboxylic acids is 1. The van der Waals surface area contributed by atoms with E-state index in [1.807, 2.05) is 0 Å². The Bertz CT molecular complexity index is 311. The van der Waals surface area contributed by atoms with Gasteiger partial charge >= 0.3 is 18.2 Å². The molecular formula is C11H19F3N2O4. The van der Waals surface area contributed by atoms with E-state index in [0.717, 1.165) is 0 Å². The third-order valence-corrected chi connectivity index (χ3v) is 2.26. The van der Waals surface area contributed by atoms with E-state index >= 15 is 0 Å². The normalized spacial score (nSPS) is 12.8. The van der Waals surface area contributed by atoms with Gasteiger partial charge in [-0.25, -0.2) is 4.79 Å². The van der Waals surface area contributed by atoms with Crippen molar-refractivity contribution in [1.29, 1.82) is 0 Å². The zero-order chi connectivity index (χ0) is 15.6. The van der Waals surface area contributed by atoms with E-state index in [1.54, 1.807) is 6.92 Å². The summed E-state index contributed by atoms with van der Waals surface area (Å²) in [6.07, 6.45) is -3.91. The van der Waals surface area contributed by atoms with Gasteiger partial charge in [0.15, 0.2) is 0 Å². The van der Waals surface area contributed by atoms with Gasteiger partial charge in [0.05, 0.1) is 6.61 Å². The van der Waals surface area contributed by atoms with E-state index in [-0.39, 0.29) is 25.5 Å². The van der Waals surface area contributed by atoms with Crippen molar-refractivity contribution < 1.29 is 32.6 Å². The average molecular weight is 300 g/mol. The van der Waals surface area contributed by atoms with Crippen LogP contribution < -0.4 is 10.6 Å². The van der Waals surface area contributed by atoms with Crippen LogP contribution in [0.3, 0.4) is 0 Å². The van der Waals surface area contributed by atoms with Crippen molar-refractivity contribution in [2.24, 2.45) is 5.92 Å². The molecule has 0 radical (unpaired) electrons. The zero-order valence-corrected chi connectivity index (χ0v) is 11.1. The molecule has 0 aromatic heterocycles. The maximum Gasteiger partial charge on any atom is 0.411 e. The number of carboxylic acids is 1. The molecule has 0 saturated heterocycles. The first-order valence-electron chi connectivity index (χ1n) is 6.08. The van der Waals surface area contributed by atoms with Crippen LogP contribution in [0.1, 0.15) is 19.8 Å². The lowest BCUT2D eigenvalue weighted by Crippen LogP contribution is -2.39. The number of carbonyl (C=O) groups excluding carboxylic acids is 1. The average Bonchev–Trinajstić information content (AvgIpc) is 2.32. The standard InChI is InChI=1S/C11H19F3N2O4/c1-8(2-3-9(17)18)6-16-10(19)15-4-5-20-7-11(12,13)14/h8H,2-7H2,1H3,(H,17,18)(H2,15,16,19). The van der Waals surface area contributed by atoms with Crippen LogP contribution in [0.2, 0.25) is 0 Å². The number of carbonyl (C=O) groups is 2. The van der Waals surface area contributed by atoms with Gasteiger partial charge in [0.25, 0.3) is 0 Å². The van der Waals surface area contributed by atoms with Crippen molar-refractivity contribution in [2.75, 3.05) is 26.3 Å². The van der Waals surface area contributed by atoms with Crippen molar-refractivity contribution in [3.05, 3.63) is 0 Å². The first kappa shape index (κ1) is 18.5. The number of hydrogen-bond donors (Lipinski definition) is 3. The van der Waals surface area contributed by atoms with E-state index < -0.39 is 24.8 Å². The van der Waals surface area contributed by atoms with E-state index in [1.165, 1.54) is 0 Å². The largest absolute Gasteiger partial charge is 0.481 e. The molecule has 20 heavy (non-hydrogen) atoms. The smallest absolute Gasteiger partial charge is 0.411 e. The molecule has 3 N–H and O–H groups in total. The highest BCUT2D eigenvalue weighted by Gasteiger charge is 2.27. The Morgan fingerprint density at radius 3 is 2.50 bits per heavy atom. The van der Waals surface area contributed by atoms with Crippen molar-refractivity contribution in [1.82, 2.24) is 10.6 Å². The van der Waals surface area contributed by atoms with Crippen LogP contribution in [0.25, 0.3) is 0 Å². The molecule has 0 spiro atoms. The van der Waals surface area contributed by atoms with Crippen molar-refractivity contribution >= 4 is 12.0 Å². The molecular weight excluding hydrogens is 281 g/mol. The highest BCUT2D eigenvalue weighted by atomic mass is 19.4. The Morgan fingerprint density at radius 1 is 1.30 bits per heavy atom. The number of carboxylic acid groups (broad SMARTS) is 1. The molecule has 0 bridgehead atoms. The lowest BCUT2D eigenvalue weighted by Gasteiger charge is -2.12. The summed E-state index contributed by atoms with van der Waals surface area (Å²) in [7, 11) is 0. The van der Waals surface area contributed by atoms with E-state index in [4.69, 9.17) is 5.11 Å². The van der Waals surface area contributed by atoms with Gasteiger partial charge in [-0.3, -0.25) is 4.79 Å². The second-order valence-corrected chi connectivity index (χ2v) is 4.34. The van der Waals surface area contributed by atoms with Gasteiger partial charge in [-0.1, -0.05) is 6.92 Å². The van der Waals surface area contributed by atoms with Crippen molar-refractivity contribution in [3.63, 3.8) is 0 Å². The van der Waals surface area contributed by atoms with E-state index in [0.29, 0.717) is 13.0 Å². The van der Waals surface area contributed by atoms with Gasteiger partial charge in [0.2, 0.25) is 0 Å². The summed E-state index contributed by atoms with van der Waals surface area (Å²) >= 11 is 0. The van der Waals surface area contributed by atoms with Gasteiger partial charge in [0.1, 0.15) is 6.61 Å². The number of hydrogen-bond acceptors (Lipinski definition) is 3. The highest BCUT2D eigenvalue weighted by Crippen LogP contribution is 2.13. The van der Waals surface area contributed by atoms with Crippen LogP contribution in [0.5, 0.6) is 0 Å². The summed E-state index contributed by atoms with van der Waals surface area (Å²) in [5.74, 6) is -0.901. The molecule has 0 rings (SSSR count). The van der Waals surface area contributed by atoms with Gasteiger partial charge < -0.3 is 20.5 Å². The molecule has 0 fully saturated rings. The summed E-state index contributed by atoms with van der Waals surface area (Å²) in [6.45, 7) is 0.466. The molecule has 0 aromatic carbocycles. The monoisotopic (exact) mass is 300 g/mol. The Morgan fingerprint density at radius 2 is 1.95 bits per heavy atom. The Labute approximate surface area is 114 Å². The fraction of sp³-hybridized carbons (Fsp3) is 0.818. The molecule has 1 unspecified atom stereocenters. The predicted octanol–water partition coefficient (Wildman–Crippen LogP) is 1.37. The van der Waals surface area contributed by atoms with Gasteiger partial charge in [-0.05, 0) is 12.3 Å². The molecule has 0 heterocycles. The van der Waals surface area contributed by atoms with Gasteiger partial charge in [-0.15, -0.1) is 0 Å². The molecule has 2 amide bonds.